The summed E-state index contributed by atoms with van der Waals surface area (Å²) in [6.07, 6.45) is 7.88. The van der Waals surface area contributed by atoms with Crippen molar-refractivity contribution < 1.29 is 18.7 Å². The van der Waals surface area contributed by atoms with Crippen molar-refractivity contribution in [1.82, 2.24) is 5.01 Å². The van der Waals surface area contributed by atoms with Gasteiger partial charge < -0.3 is 4.74 Å². The number of benzene rings is 3. The number of esters is 1. The van der Waals surface area contributed by atoms with Crippen molar-refractivity contribution in [3.05, 3.63) is 113 Å². The minimum Gasteiger partial charge on any atom is -0.455 e. The molecule has 3 aliphatic rings. The minimum atomic E-state index is -0.919. The van der Waals surface area contributed by atoms with Crippen LogP contribution in [0.15, 0.2) is 95.6 Å². The summed E-state index contributed by atoms with van der Waals surface area (Å²) in [6.45, 7) is -0.402. The van der Waals surface area contributed by atoms with Crippen LogP contribution in [0.4, 0.5) is 4.39 Å². The summed E-state index contributed by atoms with van der Waals surface area (Å²) in [5.74, 6) is -1.13. The first-order chi connectivity index (χ1) is 19.5. The Morgan fingerprint density at radius 1 is 0.950 bits per heavy atom. The molecule has 0 bridgehead atoms. The molecule has 6 heteroatoms. The molecule has 1 heterocycles. The maximum Gasteiger partial charge on any atom is 0.317 e. The normalized spacial score (nSPS) is 22.6. The van der Waals surface area contributed by atoms with Crippen LogP contribution in [0.3, 0.4) is 0 Å². The number of amides is 1. The third-order valence-electron chi connectivity index (χ3n) is 8.59. The molecule has 204 valence electrons. The molecule has 3 aromatic rings. The molecule has 2 saturated carbocycles. The van der Waals surface area contributed by atoms with E-state index >= 15 is 0 Å². The summed E-state index contributed by atoms with van der Waals surface area (Å²) in [5, 5.41) is 6.44. The van der Waals surface area contributed by atoms with Crippen LogP contribution >= 0.6 is 0 Å². The second kappa shape index (κ2) is 11.2. The van der Waals surface area contributed by atoms with Crippen LogP contribution in [0.1, 0.15) is 67.7 Å². The topological polar surface area (TPSA) is 59.0 Å². The molecular weight excluding hydrogens is 503 g/mol. The molecule has 0 N–H and O–H groups in total. The molecule has 0 radical (unpaired) electrons. The van der Waals surface area contributed by atoms with E-state index in [0.29, 0.717) is 18.4 Å². The Labute approximate surface area is 234 Å². The first-order valence-electron chi connectivity index (χ1n) is 14.2. The number of carbonyl (C=O) groups is 2. The lowest BCUT2D eigenvalue weighted by molar-refractivity contribution is -0.158. The predicted octanol–water partition coefficient (Wildman–Crippen LogP) is 7.00. The average Bonchev–Trinajstić information content (AvgIpc) is 3.64. The Balaban J connectivity index is 1.27. The van der Waals surface area contributed by atoms with Crippen molar-refractivity contribution in [2.24, 2.45) is 11.0 Å². The summed E-state index contributed by atoms with van der Waals surface area (Å²) in [7, 11) is 0. The van der Waals surface area contributed by atoms with E-state index in [-0.39, 0.29) is 23.7 Å². The number of carbonyl (C=O) groups excluding carboxylic acids is 2. The second-order valence-electron chi connectivity index (χ2n) is 11.0. The molecule has 6 rings (SSSR count). The summed E-state index contributed by atoms with van der Waals surface area (Å²) in [6, 6.07) is 26.1. The first-order valence-corrected chi connectivity index (χ1v) is 14.2. The second-order valence-corrected chi connectivity index (χ2v) is 11.0. The molecule has 1 aliphatic heterocycles. The van der Waals surface area contributed by atoms with Gasteiger partial charge in [0.15, 0.2) is 6.61 Å². The molecule has 0 aromatic heterocycles. The molecule has 0 spiro atoms. The Bertz CT molecular complexity index is 1440. The van der Waals surface area contributed by atoms with Crippen molar-refractivity contribution in [2.75, 3.05) is 6.61 Å². The molecule has 3 aromatic carbocycles. The molecule has 2 atom stereocenters. The van der Waals surface area contributed by atoms with Crippen LogP contribution < -0.4 is 0 Å². The summed E-state index contributed by atoms with van der Waals surface area (Å²) in [4.78, 5) is 27.2. The zero-order valence-electron chi connectivity index (χ0n) is 22.5. The highest BCUT2D eigenvalue weighted by Gasteiger charge is 2.46. The summed E-state index contributed by atoms with van der Waals surface area (Å²) < 4.78 is 19.8. The molecular formula is C34H33FN2O3. The zero-order valence-corrected chi connectivity index (χ0v) is 22.5. The van der Waals surface area contributed by atoms with E-state index in [1.807, 2.05) is 48.5 Å². The van der Waals surface area contributed by atoms with Crippen LogP contribution in [0.25, 0.3) is 6.08 Å². The monoisotopic (exact) mass is 536 g/mol. The molecule has 1 amide bonds. The van der Waals surface area contributed by atoms with Gasteiger partial charge in [-0.15, -0.1) is 0 Å². The van der Waals surface area contributed by atoms with Gasteiger partial charge in [-0.25, -0.2) is 9.40 Å². The molecule has 2 fully saturated rings. The molecule has 2 aliphatic carbocycles. The van der Waals surface area contributed by atoms with Gasteiger partial charge in [-0.1, -0.05) is 85.6 Å². The van der Waals surface area contributed by atoms with Crippen molar-refractivity contribution in [3.63, 3.8) is 0 Å². The Morgan fingerprint density at radius 3 is 2.40 bits per heavy atom. The van der Waals surface area contributed by atoms with Crippen molar-refractivity contribution in [1.29, 1.82) is 0 Å². The number of hydrogen-bond donors (Lipinski definition) is 0. The highest BCUT2D eigenvalue weighted by Crippen LogP contribution is 2.45. The fraction of sp³-hybridized carbons (Fsp3) is 0.324. The van der Waals surface area contributed by atoms with Crippen LogP contribution in [-0.2, 0) is 19.7 Å². The number of halogens is 1. The molecule has 0 unspecified atom stereocenters. The Hall–Kier alpha value is -4.06. The summed E-state index contributed by atoms with van der Waals surface area (Å²) >= 11 is 0. The minimum absolute atomic E-state index is 0.0687. The quantitative estimate of drug-likeness (QED) is 0.319. The maximum absolute atomic E-state index is 14.1. The smallest absolute Gasteiger partial charge is 0.317 e. The number of allylic oxidation sites excluding steroid dienone is 1. The lowest BCUT2D eigenvalue weighted by atomic mass is 9.77. The van der Waals surface area contributed by atoms with Crippen LogP contribution in [0.2, 0.25) is 0 Å². The number of ether oxygens (including phenoxy) is 1. The van der Waals surface area contributed by atoms with E-state index in [2.05, 4.69) is 18.2 Å². The number of hydrogen-bond acceptors (Lipinski definition) is 4. The maximum atomic E-state index is 14.1. The van der Waals surface area contributed by atoms with Gasteiger partial charge in [0.1, 0.15) is 5.82 Å². The van der Waals surface area contributed by atoms with Crippen molar-refractivity contribution in [3.8, 4) is 0 Å². The lowest BCUT2D eigenvalue weighted by Crippen LogP contribution is -2.39. The Kier molecular flexibility index (Phi) is 7.33. The van der Waals surface area contributed by atoms with Gasteiger partial charge in [-0.3, -0.25) is 9.59 Å². The highest BCUT2D eigenvalue weighted by atomic mass is 19.1. The largest absolute Gasteiger partial charge is 0.455 e. The van der Waals surface area contributed by atoms with Crippen molar-refractivity contribution in [2.45, 2.75) is 56.4 Å². The van der Waals surface area contributed by atoms with E-state index in [1.54, 1.807) is 12.1 Å². The van der Waals surface area contributed by atoms with Gasteiger partial charge in [-0.05, 0) is 72.6 Å². The number of nitrogens with zero attached hydrogens (tertiary/aromatic N) is 2. The lowest BCUT2D eigenvalue weighted by Gasteiger charge is -2.30. The first kappa shape index (κ1) is 26.2. The van der Waals surface area contributed by atoms with Gasteiger partial charge in [0.05, 0.1) is 17.2 Å². The highest BCUT2D eigenvalue weighted by molar-refractivity contribution is 6.08. The van der Waals surface area contributed by atoms with Crippen LogP contribution in [-0.4, -0.2) is 29.2 Å². The van der Waals surface area contributed by atoms with Crippen LogP contribution in [0, 0.1) is 11.7 Å². The average molecular weight is 537 g/mol. The predicted molar refractivity (Wildman–Crippen MR) is 153 cm³/mol. The van der Waals surface area contributed by atoms with E-state index in [4.69, 9.17) is 9.84 Å². The fourth-order valence-corrected chi connectivity index (χ4v) is 6.65. The zero-order chi connectivity index (χ0) is 27.5. The van der Waals surface area contributed by atoms with Gasteiger partial charge >= 0.3 is 5.97 Å². The number of fused-ring (bicyclic) bond motifs is 1. The molecule has 40 heavy (non-hydrogen) atoms. The van der Waals surface area contributed by atoms with Crippen molar-refractivity contribution >= 4 is 23.7 Å². The van der Waals surface area contributed by atoms with Gasteiger partial charge in [0, 0.05) is 5.92 Å². The standard InChI is InChI=1S/C34H33FN2O3/c35-28-17-10-16-27(22-28)34(19-7-8-20-34)33(39)40-23-30(38)37-32(25-13-5-2-6-14-25)29-18-9-15-26(31(29)36-37)21-24-11-3-1-4-12-24/h1-6,10-14,16-17,21-22,29,32H,7-9,15,18-20,23H2/b26-21-/t29-,32-/m1/s1. The number of rotatable bonds is 6. The third-order valence-corrected chi connectivity index (χ3v) is 8.59. The van der Waals surface area contributed by atoms with E-state index < -0.39 is 18.0 Å². The Morgan fingerprint density at radius 2 is 1.68 bits per heavy atom. The van der Waals surface area contributed by atoms with Crippen LogP contribution in [0.5, 0.6) is 0 Å². The SMILES string of the molecule is O=C(COC(=O)C1(c2cccc(F)c2)CCCC1)N1N=C2/C(=C\c3ccccc3)CCC[C@H]2[C@H]1c1ccccc1. The van der Waals surface area contributed by atoms with Gasteiger partial charge in [0.25, 0.3) is 5.91 Å². The van der Waals surface area contributed by atoms with E-state index in [9.17, 15) is 14.0 Å². The number of hydrazone groups is 1. The molecule has 0 saturated heterocycles. The van der Waals surface area contributed by atoms with Gasteiger partial charge in [-0.2, -0.15) is 5.10 Å². The van der Waals surface area contributed by atoms with Gasteiger partial charge in [0.2, 0.25) is 0 Å². The van der Waals surface area contributed by atoms with E-state index in [0.717, 1.165) is 54.5 Å². The summed E-state index contributed by atoms with van der Waals surface area (Å²) in [5.41, 5.74) is 3.90. The fourth-order valence-electron chi connectivity index (χ4n) is 6.65. The third kappa shape index (κ3) is 4.99. The molecule has 5 nitrogen and oxygen atoms in total. The van der Waals surface area contributed by atoms with E-state index in [1.165, 1.54) is 17.1 Å².